The van der Waals surface area contributed by atoms with Crippen molar-refractivity contribution in [2.24, 2.45) is 5.92 Å². The van der Waals surface area contributed by atoms with Crippen LogP contribution in [0.4, 0.5) is 0 Å². The van der Waals surface area contributed by atoms with Crippen LogP contribution >= 0.6 is 27.3 Å². The van der Waals surface area contributed by atoms with Crippen LogP contribution in [-0.2, 0) is 6.54 Å². The fourth-order valence-corrected chi connectivity index (χ4v) is 4.07. The number of nitrogens with zero attached hydrogens (tertiary/aromatic N) is 1. The molecule has 1 aromatic rings. The Balaban J connectivity index is 2.02. The van der Waals surface area contributed by atoms with Crippen LogP contribution < -0.4 is 5.32 Å². The van der Waals surface area contributed by atoms with Gasteiger partial charge in [0.1, 0.15) is 0 Å². The molecular weight excluding hydrogens is 308 g/mol. The van der Waals surface area contributed by atoms with E-state index in [9.17, 15) is 0 Å². The second kappa shape index (κ2) is 6.51. The third kappa shape index (κ3) is 3.56. The molecule has 1 aliphatic rings. The molecule has 0 amide bonds. The zero-order valence-electron chi connectivity index (χ0n) is 11.4. The number of thiophene rings is 1. The average Bonchev–Trinajstić information content (AvgIpc) is 2.74. The Morgan fingerprint density at radius 1 is 1.50 bits per heavy atom. The lowest BCUT2D eigenvalue weighted by Gasteiger charge is -2.41. The fraction of sp³-hybridized carbons (Fsp3) is 0.714. The minimum atomic E-state index is 0.635. The van der Waals surface area contributed by atoms with Gasteiger partial charge in [-0.2, -0.15) is 0 Å². The topological polar surface area (TPSA) is 15.3 Å². The molecule has 1 saturated heterocycles. The van der Waals surface area contributed by atoms with E-state index in [1.54, 1.807) is 0 Å². The summed E-state index contributed by atoms with van der Waals surface area (Å²) in [6.07, 6.45) is 1.23. The first kappa shape index (κ1) is 14.5. The number of hydrogen-bond donors (Lipinski definition) is 1. The standard InChI is InChI=1S/C14H23BrN2S/c1-4-11-7-16-13(10(2)3)9-17(11)8-12-5-6-14(15)18-12/h5-6,10-11,13,16H,4,7-9H2,1-3H3. The quantitative estimate of drug-likeness (QED) is 0.905. The summed E-state index contributed by atoms with van der Waals surface area (Å²) in [5.41, 5.74) is 0. The highest BCUT2D eigenvalue weighted by molar-refractivity contribution is 9.11. The highest BCUT2D eigenvalue weighted by Crippen LogP contribution is 2.25. The molecule has 2 unspecified atom stereocenters. The van der Waals surface area contributed by atoms with Crippen LogP contribution in [0.5, 0.6) is 0 Å². The SMILES string of the molecule is CCC1CNC(C(C)C)CN1Cc1ccc(Br)s1. The van der Waals surface area contributed by atoms with Gasteiger partial charge >= 0.3 is 0 Å². The van der Waals surface area contributed by atoms with Crippen molar-refractivity contribution in [3.63, 3.8) is 0 Å². The number of piperazine rings is 1. The first-order valence-electron chi connectivity index (χ1n) is 6.81. The van der Waals surface area contributed by atoms with E-state index in [2.05, 4.69) is 59.1 Å². The molecule has 18 heavy (non-hydrogen) atoms. The van der Waals surface area contributed by atoms with Crippen LogP contribution in [0.15, 0.2) is 15.9 Å². The second-order valence-electron chi connectivity index (χ2n) is 5.46. The Kier molecular flexibility index (Phi) is 5.24. The molecule has 0 saturated carbocycles. The minimum absolute atomic E-state index is 0.635. The summed E-state index contributed by atoms with van der Waals surface area (Å²) in [5.74, 6) is 0.709. The molecule has 1 fully saturated rings. The monoisotopic (exact) mass is 330 g/mol. The molecule has 4 heteroatoms. The van der Waals surface area contributed by atoms with Gasteiger partial charge in [-0.25, -0.2) is 0 Å². The zero-order valence-corrected chi connectivity index (χ0v) is 13.9. The Labute approximate surface area is 123 Å². The van der Waals surface area contributed by atoms with Crippen molar-refractivity contribution in [1.82, 2.24) is 10.2 Å². The summed E-state index contributed by atoms with van der Waals surface area (Å²) in [6.45, 7) is 10.3. The summed E-state index contributed by atoms with van der Waals surface area (Å²) >= 11 is 5.41. The molecule has 0 aliphatic carbocycles. The van der Waals surface area contributed by atoms with E-state index in [4.69, 9.17) is 0 Å². The van der Waals surface area contributed by atoms with Crippen LogP contribution in [0, 0.1) is 5.92 Å². The van der Waals surface area contributed by atoms with Crippen molar-refractivity contribution in [2.75, 3.05) is 13.1 Å². The van der Waals surface area contributed by atoms with Gasteiger partial charge in [0.25, 0.3) is 0 Å². The van der Waals surface area contributed by atoms with E-state index in [0.717, 1.165) is 13.1 Å². The molecule has 0 spiro atoms. The van der Waals surface area contributed by atoms with E-state index >= 15 is 0 Å². The van der Waals surface area contributed by atoms with E-state index < -0.39 is 0 Å². The maximum Gasteiger partial charge on any atom is 0.0701 e. The molecule has 0 aromatic carbocycles. The lowest BCUT2D eigenvalue weighted by molar-refractivity contribution is 0.104. The van der Waals surface area contributed by atoms with Gasteiger partial charge in [0.05, 0.1) is 3.79 Å². The Morgan fingerprint density at radius 3 is 2.83 bits per heavy atom. The third-order valence-corrected chi connectivity index (χ3v) is 5.44. The highest BCUT2D eigenvalue weighted by atomic mass is 79.9. The van der Waals surface area contributed by atoms with Gasteiger partial charge in [-0.15, -0.1) is 11.3 Å². The summed E-state index contributed by atoms with van der Waals surface area (Å²) in [5, 5.41) is 3.69. The van der Waals surface area contributed by atoms with Crippen LogP contribution in [0.2, 0.25) is 0 Å². The number of rotatable bonds is 4. The number of halogens is 1. The van der Waals surface area contributed by atoms with Gasteiger partial charge in [-0.1, -0.05) is 20.8 Å². The van der Waals surface area contributed by atoms with E-state index in [1.165, 1.54) is 21.6 Å². The van der Waals surface area contributed by atoms with Gasteiger partial charge < -0.3 is 5.32 Å². The van der Waals surface area contributed by atoms with E-state index in [-0.39, 0.29) is 0 Å². The molecule has 102 valence electrons. The second-order valence-corrected chi connectivity index (χ2v) is 8.00. The number of hydrogen-bond acceptors (Lipinski definition) is 3. The summed E-state index contributed by atoms with van der Waals surface area (Å²) in [7, 11) is 0. The molecule has 2 atom stereocenters. The molecule has 2 nitrogen and oxygen atoms in total. The Hall–Kier alpha value is 0.1000. The highest BCUT2D eigenvalue weighted by Gasteiger charge is 2.28. The van der Waals surface area contributed by atoms with Gasteiger partial charge in [-0.05, 0) is 40.4 Å². The molecule has 1 aromatic heterocycles. The fourth-order valence-electron chi connectivity index (χ4n) is 2.56. The van der Waals surface area contributed by atoms with E-state index in [1.807, 2.05) is 11.3 Å². The zero-order chi connectivity index (χ0) is 13.1. The summed E-state index contributed by atoms with van der Waals surface area (Å²) < 4.78 is 1.24. The maximum absolute atomic E-state index is 3.69. The van der Waals surface area contributed by atoms with Crippen LogP contribution in [-0.4, -0.2) is 30.1 Å². The van der Waals surface area contributed by atoms with Crippen molar-refractivity contribution in [1.29, 1.82) is 0 Å². The molecule has 2 rings (SSSR count). The van der Waals surface area contributed by atoms with Crippen LogP contribution in [0.3, 0.4) is 0 Å². The van der Waals surface area contributed by atoms with Crippen LogP contribution in [0.1, 0.15) is 32.1 Å². The normalized spacial score (nSPS) is 25.8. The minimum Gasteiger partial charge on any atom is -0.311 e. The largest absolute Gasteiger partial charge is 0.311 e. The van der Waals surface area contributed by atoms with Gasteiger partial charge in [0.15, 0.2) is 0 Å². The Morgan fingerprint density at radius 2 is 2.28 bits per heavy atom. The lowest BCUT2D eigenvalue weighted by Crippen LogP contribution is -2.57. The predicted octanol–water partition coefficient (Wildman–Crippen LogP) is 3.72. The van der Waals surface area contributed by atoms with Crippen molar-refractivity contribution in [3.8, 4) is 0 Å². The van der Waals surface area contributed by atoms with Crippen molar-refractivity contribution in [2.45, 2.75) is 45.8 Å². The first-order chi connectivity index (χ1) is 8.60. The van der Waals surface area contributed by atoms with Crippen molar-refractivity contribution in [3.05, 3.63) is 20.8 Å². The van der Waals surface area contributed by atoms with Crippen molar-refractivity contribution >= 4 is 27.3 Å². The lowest BCUT2D eigenvalue weighted by atomic mass is 9.98. The molecule has 0 bridgehead atoms. The summed E-state index contributed by atoms with van der Waals surface area (Å²) in [6, 6.07) is 5.72. The molecule has 1 N–H and O–H groups in total. The molecule has 1 aliphatic heterocycles. The molecule has 2 heterocycles. The van der Waals surface area contributed by atoms with Crippen LogP contribution in [0.25, 0.3) is 0 Å². The molecular formula is C14H23BrN2S. The average molecular weight is 331 g/mol. The number of nitrogens with one attached hydrogen (secondary N) is 1. The smallest absolute Gasteiger partial charge is 0.0701 e. The molecule has 0 radical (unpaired) electrons. The van der Waals surface area contributed by atoms with Crippen molar-refractivity contribution < 1.29 is 0 Å². The first-order valence-corrected chi connectivity index (χ1v) is 8.42. The maximum atomic E-state index is 3.69. The van der Waals surface area contributed by atoms with Gasteiger partial charge in [-0.3, -0.25) is 4.90 Å². The predicted molar refractivity (Wildman–Crippen MR) is 83.1 cm³/mol. The summed E-state index contributed by atoms with van der Waals surface area (Å²) in [4.78, 5) is 4.11. The van der Waals surface area contributed by atoms with Gasteiger partial charge in [0.2, 0.25) is 0 Å². The Bertz CT molecular complexity index is 378. The van der Waals surface area contributed by atoms with Gasteiger partial charge in [0, 0.05) is 36.6 Å². The third-order valence-electron chi connectivity index (χ3n) is 3.83. The van der Waals surface area contributed by atoms with E-state index in [0.29, 0.717) is 18.0 Å².